The van der Waals surface area contributed by atoms with Crippen LogP contribution in [-0.4, -0.2) is 19.3 Å². The molecule has 0 saturated heterocycles. The summed E-state index contributed by atoms with van der Waals surface area (Å²) in [5.41, 5.74) is 2.26. The molecule has 1 N–H and O–H groups in total. The first-order valence-corrected chi connectivity index (χ1v) is 6.38. The second-order valence-corrected chi connectivity index (χ2v) is 5.04. The number of rotatable bonds is 4. The van der Waals surface area contributed by atoms with Crippen LogP contribution < -0.4 is 10.1 Å². The van der Waals surface area contributed by atoms with Crippen molar-refractivity contribution < 1.29 is 17.9 Å². The van der Waals surface area contributed by atoms with E-state index < -0.39 is 18.6 Å². The van der Waals surface area contributed by atoms with Crippen molar-refractivity contribution in [2.45, 2.75) is 44.4 Å². The van der Waals surface area contributed by atoms with Crippen LogP contribution in [0.3, 0.4) is 0 Å². The summed E-state index contributed by atoms with van der Waals surface area (Å²) in [6.07, 6.45) is -3.19. The average molecular weight is 273 g/mol. The van der Waals surface area contributed by atoms with E-state index in [0.29, 0.717) is 0 Å². The molecule has 1 aliphatic rings. The molecule has 0 aliphatic heterocycles. The first-order chi connectivity index (χ1) is 8.89. The van der Waals surface area contributed by atoms with Crippen LogP contribution in [-0.2, 0) is 6.42 Å². The number of nitrogens with one attached hydrogen (secondary N) is 1. The van der Waals surface area contributed by atoms with Gasteiger partial charge in [-0.3, -0.25) is 0 Å². The highest BCUT2D eigenvalue weighted by atomic mass is 19.4. The number of hydrogen-bond donors (Lipinski definition) is 1. The fourth-order valence-electron chi connectivity index (χ4n) is 2.63. The number of alkyl halides is 3. The summed E-state index contributed by atoms with van der Waals surface area (Å²) < 4.78 is 42.2. The molecule has 0 aromatic heterocycles. The molecule has 0 bridgehead atoms. The Hall–Kier alpha value is -1.23. The van der Waals surface area contributed by atoms with Crippen LogP contribution in [0.4, 0.5) is 13.2 Å². The zero-order valence-electron chi connectivity index (χ0n) is 11.1. The van der Waals surface area contributed by atoms with Gasteiger partial charge in [-0.05, 0) is 43.0 Å². The number of ether oxygens (including phenoxy) is 1. The van der Waals surface area contributed by atoms with Gasteiger partial charge in [-0.2, -0.15) is 13.2 Å². The van der Waals surface area contributed by atoms with Gasteiger partial charge in [-0.25, -0.2) is 0 Å². The predicted molar refractivity (Wildman–Crippen MR) is 67.3 cm³/mol. The lowest BCUT2D eigenvalue weighted by Gasteiger charge is -2.21. The maximum atomic E-state index is 12.3. The molecule has 5 heteroatoms. The lowest BCUT2D eigenvalue weighted by Crippen LogP contribution is -2.33. The fraction of sp³-hybridized carbons (Fsp3) is 0.571. The van der Waals surface area contributed by atoms with E-state index in [1.54, 1.807) is 14.0 Å². The molecule has 1 aromatic rings. The molecule has 2 unspecified atom stereocenters. The van der Waals surface area contributed by atoms with Gasteiger partial charge < -0.3 is 10.1 Å². The van der Waals surface area contributed by atoms with Crippen molar-refractivity contribution in [2.75, 3.05) is 7.11 Å². The van der Waals surface area contributed by atoms with Crippen LogP contribution >= 0.6 is 0 Å². The molecule has 0 amide bonds. The number of methoxy groups -OCH3 is 1. The maximum Gasteiger partial charge on any atom is 0.390 e. The van der Waals surface area contributed by atoms with Crippen molar-refractivity contribution in [1.29, 1.82) is 0 Å². The molecule has 0 heterocycles. The van der Waals surface area contributed by atoms with Gasteiger partial charge in [-0.1, -0.05) is 6.07 Å². The number of hydrogen-bond acceptors (Lipinski definition) is 2. The van der Waals surface area contributed by atoms with Gasteiger partial charge in [0.05, 0.1) is 13.5 Å². The van der Waals surface area contributed by atoms with E-state index in [0.717, 1.165) is 24.2 Å². The van der Waals surface area contributed by atoms with Crippen molar-refractivity contribution >= 4 is 0 Å². The Morgan fingerprint density at radius 2 is 2.16 bits per heavy atom. The topological polar surface area (TPSA) is 21.3 Å². The van der Waals surface area contributed by atoms with E-state index in [9.17, 15) is 13.2 Å². The van der Waals surface area contributed by atoms with Crippen LogP contribution in [0.15, 0.2) is 18.2 Å². The van der Waals surface area contributed by atoms with Crippen LogP contribution in [0.25, 0.3) is 0 Å². The molecule has 19 heavy (non-hydrogen) atoms. The van der Waals surface area contributed by atoms with E-state index >= 15 is 0 Å². The Kier molecular flexibility index (Phi) is 4.04. The zero-order valence-corrected chi connectivity index (χ0v) is 11.1. The second kappa shape index (κ2) is 5.41. The predicted octanol–water partition coefficient (Wildman–Crippen LogP) is 3.61. The van der Waals surface area contributed by atoms with E-state index in [1.807, 2.05) is 18.2 Å². The Labute approximate surface area is 111 Å². The smallest absolute Gasteiger partial charge is 0.390 e. The summed E-state index contributed by atoms with van der Waals surface area (Å²) in [6, 6.07) is 5.20. The van der Waals surface area contributed by atoms with Crippen LogP contribution in [0.2, 0.25) is 0 Å². The molecule has 1 aromatic carbocycles. The van der Waals surface area contributed by atoms with Crippen molar-refractivity contribution in [3.05, 3.63) is 29.3 Å². The molecule has 106 valence electrons. The molecular formula is C14H18F3NO. The van der Waals surface area contributed by atoms with E-state index in [4.69, 9.17) is 4.74 Å². The zero-order chi connectivity index (χ0) is 14.0. The Morgan fingerprint density at radius 3 is 2.79 bits per heavy atom. The molecule has 2 rings (SSSR count). The lowest BCUT2D eigenvalue weighted by molar-refractivity contribution is -0.139. The highest BCUT2D eigenvalue weighted by Crippen LogP contribution is 2.34. The van der Waals surface area contributed by atoms with Gasteiger partial charge in [0.15, 0.2) is 0 Å². The van der Waals surface area contributed by atoms with E-state index in [2.05, 4.69) is 5.32 Å². The van der Waals surface area contributed by atoms with Gasteiger partial charge in [0, 0.05) is 12.1 Å². The first kappa shape index (κ1) is 14.2. The summed E-state index contributed by atoms with van der Waals surface area (Å²) in [6.45, 7) is 1.58. The molecule has 2 atom stereocenters. The van der Waals surface area contributed by atoms with Crippen LogP contribution in [0, 0.1) is 0 Å². The second-order valence-electron chi connectivity index (χ2n) is 5.04. The summed E-state index contributed by atoms with van der Waals surface area (Å²) in [5.74, 6) is 0.746. The molecular weight excluding hydrogens is 255 g/mol. The number of fused-ring (bicyclic) bond motifs is 1. The highest BCUT2D eigenvalue weighted by molar-refractivity contribution is 5.40. The molecule has 0 fully saturated rings. The standard InChI is InChI=1S/C14H18F3NO/c1-9(8-14(15,16)17)18-13-6-4-10-3-5-11(19-2)7-12(10)13/h3,5,7,9,13,18H,4,6,8H2,1-2H3. The molecule has 0 spiro atoms. The molecule has 2 nitrogen and oxygen atoms in total. The Bertz CT molecular complexity index is 445. The monoisotopic (exact) mass is 273 g/mol. The van der Waals surface area contributed by atoms with Gasteiger partial charge in [0.2, 0.25) is 0 Å². The SMILES string of the molecule is COc1ccc2c(c1)C(NC(C)CC(F)(F)F)CC2. The van der Waals surface area contributed by atoms with Crippen molar-refractivity contribution in [2.24, 2.45) is 0 Å². The minimum atomic E-state index is -4.12. The van der Waals surface area contributed by atoms with E-state index in [1.165, 1.54) is 5.56 Å². The summed E-state index contributed by atoms with van der Waals surface area (Å²) in [4.78, 5) is 0. The van der Waals surface area contributed by atoms with Gasteiger partial charge >= 0.3 is 6.18 Å². The summed E-state index contributed by atoms with van der Waals surface area (Å²) >= 11 is 0. The normalized spacial score (nSPS) is 20.2. The Balaban J connectivity index is 2.05. The minimum absolute atomic E-state index is 0.0116. The molecule has 0 radical (unpaired) electrons. The largest absolute Gasteiger partial charge is 0.497 e. The van der Waals surface area contributed by atoms with Gasteiger partial charge in [0.25, 0.3) is 0 Å². The Morgan fingerprint density at radius 1 is 1.42 bits per heavy atom. The van der Waals surface area contributed by atoms with Gasteiger partial charge in [-0.15, -0.1) is 0 Å². The minimum Gasteiger partial charge on any atom is -0.497 e. The van der Waals surface area contributed by atoms with Crippen molar-refractivity contribution in [3.8, 4) is 5.75 Å². The van der Waals surface area contributed by atoms with Crippen molar-refractivity contribution in [1.82, 2.24) is 5.32 Å². The number of aryl methyl sites for hydroxylation is 1. The lowest BCUT2D eigenvalue weighted by atomic mass is 10.1. The van der Waals surface area contributed by atoms with Crippen LogP contribution in [0.1, 0.15) is 36.9 Å². The van der Waals surface area contributed by atoms with Gasteiger partial charge in [0.1, 0.15) is 5.75 Å². The maximum absolute atomic E-state index is 12.3. The third-order valence-electron chi connectivity index (χ3n) is 3.45. The summed E-state index contributed by atoms with van der Waals surface area (Å²) in [5, 5.41) is 3.07. The third-order valence-corrected chi connectivity index (χ3v) is 3.45. The highest BCUT2D eigenvalue weighted by Gasteiger charge is 2.32. The summed E-state index contributed by atoms with van der Waals surface area (Å²) in [7, 11) is 1.59. The van der Waals surface area contributed by atoms with E-state index in [-0.39, 0.29) is 6.04 Å². The average Bonchev–Trinajstić information content (AvgIpc) is 2.69. The first-order valence-electron chi connectivity index (χ1n) is 6.38. The number of halogens is 3. The van der Waals surface area contributed by atoms with Crippen LogP contribution in [0.5, 0.6) is 5.75 Å². The third kappa shape index (κ3) is 3.62. The molecule has 0 saturated carbocycles. The molecule has 1 aliphatic carbocycles. The quantitative estimate of drug-likeness (QED) is 0.904. The fourth-order valence-corrected chi connectivity index (χ4v) is 2.63. The number of benzene rings is 1. The van der Waals surface area contributed by atoms with Crippen molar-refractivity contribution in [3.63, 3.8) is 0 Å².